The molecule has 0 aliphatic carbocycles. The first-order valence-corrected chi connectivity index (χ1v) is 28.5. The Kier molecular flexibility index (Phi) is 54.4. The molecule has 0 saturated carbocycles. The van der Waals surface area contributed by atoms with Crippen LogP contribution in [-0.4, -0.2) is 37.9 Å². The number of carbonyl (C=O) groups is 2. The first-order chi connectivity index (χ1) is 32.6. The van der Waals surface area contributed by atoms with Gasteiger partial charge < -0.3 is 14.2 Å². The van der Waals surface area contributed by atoms with E-state index in [2.05, 4.69) is 93.7 Å². The van der Waals surface area contributed by atoms with Crippen molar-refractivity contribution >= 4 is 11.9 Å². The summed E-state index contributed by atoms with van der Waals surface area (Å²) in [6.45, 7) is 7.69. The fraction of sp³-hybridized carbons (Fsp3) is 0.770. The summed E-state index contributed by atoms with van der Waals surface area (Å²) in [6.07, 6.45) is 73.4. The lowest BCUT2D eigenvalue weighted by Gasteiger charge is -2.18. The van der Waals surface area contributed by atoms with Gasteiger partial charge in [-0.2, -0.15) is 0 Å². The number of rotatable bonds is 52. The Balaban J connectivity index is 4.33. The molecule has 0 N–H and O–H groups in total. The second kappa shape index (κ2) is 56.7. The molecule has 0 aliphatic heterocycles. The van der Waals surface area contributed by atoms with Crippen molar-refractivity contribution in [2.75, 3.05) is 19.8 Å². The summed E-state index contributed by atoms with van der Waals surface area (Å²) in [6, 6.07) is 0. The minimum Gasteiger partial charge on any atom is -0.462 e. The van der Waals surface area contributed by atoms with Gasteiger partial charge in [-0.1, -0.05) is 229 Å². The minimum absolute atomic E-state index is 0.0675. The van der Waals surface area contributed by atoms with Gasteiger partial charge >= 0.3 is 11.9 Å². The Bertz CT molecular complexity index is 1180. The minimum atomic E-state index is -0.554. The van der Waals surface area contributed by atoms with E-state index in [1.165, 1.54) is 154 Å². The summed E-state index contributed by atoms with van der Waals surface area (Å²) in [5.74, 6) is -0.426. The van der Waals surface area contributed by atoms with Gasteiger partial charge in [-0.05, 0) is 109 Å². The molecule has 0 aliphatic rings. The van der Waals surface area contributed by atoms with Crippen molar-refractivity contribution in [1.82, 2.24) is 0 Å². The van der Waals surface area contributed by atoms with Gasteiger partial charge in [0.25, 0.3) is 0 Å². The van der Waals surface area contributed by atoms with E-state index >= 15 is 0 Å². The molecule has 5 heteroatoms. The average molecular weight is 922 g/mol. The highest BCUT2D eigenvalue weighted by Gasteiger charge is 2.17. The fourth-order valence-electron chi connectivity index (χ4n) is 7.96. The van der Waals surface area contributed by atoms with E-state index in [1.54, 1.807) is 0 Å². The molecule has 0 fully saturated rings. The molecule has 1 unspecified atom stereocenters. The van der Waals surface area contributed by atoms with E-state index < -0.39 is 6.10 Å². The highest BCUT2D eigenvalue weighted by Crippen LogP contribution is 2.14. The van der Waals surface area contributed by atoms with Crippen molar-refractivity contribution in [3.63, 3.8) is 0 Å². The summed E-state index contributed by atoms with van der Waals surface area (Å²) in [7, 11) is 0. The molecule has 66 heavy (non-hydrogen) atoms. The van der Waals surface area contributed by atoms with Crippen LogP contribution in [0.2, 0.25) is 0 Å². The van der Waals surface area contributed by atoms with Crippen LogP contribution < -0.4 is 0 Å². The van der Waals surface area contributed by atoms with E-state index in [0.29, 0.717) is 19.4 Å². The number of carbonyl (C=O) groups excluding carboxylic acids is 2. The molecule has 0 amide bonds. The maximum atomic E-state index is 12.9. The van der Waals surface area contributed by atoms with Crippen LogP contribution in [0, 0.1) is 0 Å². The number of esters is 2. The molecular formula is C61H108O5. The SMILES string of the molecule is CC/C=C\C/C=C\C/C=C\C/C=C\CCCCCCC(=O)OCC(COCCCCCCCC/C=C\CCCCCCCC)OC(=O)CCCCCCCCC/C=C\CCCCCCCC. The maximum absolute atomic E-state index is 12.9. The number of unbranched alkanes of at least 4 members (excludes halogenated alkanes) is 29. The van der Waals surface area contributed by atoms with Crippen LogP contribution in [0.4, 0.5) is 0 Å². The molecular weight excluding hydrogens is 813 g/mol. The molecule has 0 aromatic rings. The maximum Gasteiger partial charge on any atom is 0.306 e. The van der Waals surface area contributed by atoms with Gasteiger partial charge in [-0.15, -0.1) is 0 Å². The Labute approximate surface area is 410 Å². The van der Waals surface area contributed by atoms with E-state index in [9.17, 15) is 9.59 Å². The van der Waals surface area contributed by atoms with Crippen molar-refractivity contribution in [1.29, 1.82) is 0 Å². The zero-order chi connectivity index (χ0) is 47.7. The van der Waals surface area contributed by atoms with Crippen molar-refractivity contribution in [2.24, 2.45) is 0 Å². The Hall–Kier alpha value is -2.66. The second-order valence-electron chi connectivity index (χ2n) is 18.8. The van der Waals surface area contributed by atoms with Crippen molar-refractivity contribution in [3.8, 4) is 0 Å². The Morgan fingerprint density at radius 3 is 1.11 bits per heavy atom. The third-order valence-corrected chi connectivity index (χ3v) is 12.2. The lowest BCUT2D eigenvalue weighted by atomic mass is 10.1. The summed E-state index contributed by atoms with van der Waals surface area (Å²) >= 11 is 0. The molecule has 0 radical (unpaired) electrons. The molecule has 0 aromatic carbocycles. The topological polar surface area (TPSA) is 61.8 Å². The number of hydrogen-bond acceptors (Lipinski definition) is 5. The second-order valence-corrected chi connectivity index (χ2v) is 18.8. The zero-order valence-electron chi connectivity index (χ0n) is 44.0. The number of ether oxygens (including phenoxy) is 3. The van der Waals surface area contributed by atoms with Gasteiger partial charge in [0, 0.05) is 19.4 Å². The highest BCUT2D eigenvalue weighted by molar-refractivity contribution is 5.70. The van der Waals surface area contributed by atoms with Crippen molar-refractivity contribution in [2.45, 2.75) is 284 Å². The Morgan fingerprint density at radius 1 is 0.348 bits per heavy atom. The highest BCUT2D eigenvalue weighted by atomic mass is 16.6. The van der Waals surface area contributed by atoms with Crippen LogP contribution in [0.25, 0.3) is 0 Å². The predicted molar refractivity (Wildman–Crippen MR) is 288 cm³/mol. The van der Waals surface area contributed by atoms with Crippen LogP contribution in [0.1, 0.15) is 278 Å². The third kappa shape index (κ3) is 54.0. The monoisotopic (exact) mass is 921 g/mol. The van der Waals surface area contributed by atoms with Gasteiger partial charge in [0.1, 0.15) is 6.61 Å². The van der Waals surface area contributed by atoms with Crippen molar-refractivity contribution < 1.29 is 23.8 Å². The van der Waals surface area contributed by atoms with Crippen LogP contribution in [0.15, 0.2) is 72.9 Å². The van der Waals surface area contributed by atoms with Crippen LogP contribution in [0.3, 0.4) is 0 Å². The molecule has 0 spiro atoms. The molecule has 0 saturated heterocycles. The number of hydrogen-bond donors (Lipinski definition) is 0. The van der Waals surface area contributed by atoms with Crippen molar-refractivity contribution in [3.05, 3.63) is 72.9 Å². The summed E-state index contributed by atoms with van der Waals surface area (Å²) in [5.41, 5.74) is 0. The van der Waals surface area contributed by atoms with Gasteiger partial charge in [-0.3, -0.25) is 9.59 Å². The summed E-state index contributed by atoms with van der Waals surface area (Å²) in [5, 5.41) is 0. The molecule has 0 bridgehead atoms. The summed E-state index contributed by atoms with van der Waals surface area (Å²) in [4.78, 5) is 25.5. The quantitative estimate of drug-likeness (QED) is 0.0346. The lowest BCUT2D eigenvalue weighted by Crippen LogP contribution is -2.30. The van der Waals surface area contributed by atoms with Gasteiger partial charge in [-0.25, -0.2) is 0 Å². The molecule has 0 rings (SSSR count). The van der Waals surface area contributed by atoms with E-state index in [-0.39, 0.29) is 25.2 Å². The van der Waals surface area contributed by atoms with Crippen LogP contribution in [-0.2, 0) is 23.8 Å². The van der Waals surface area contributed by atoms with E-state index in [1.807, 2.05) is 0 Å². The largest absolute Gasteiger partial charge is 0.462 e. The molecule has 0 aromatic heterocycles. The molecule has 0 heterocycles. The van der Waals surface area contributed by atoms with Crippen LogP contribution >= 0.6 is 0 Å². The first-order valence-electron chi connectivity index (χ1n) is 28.5. The van der Waals surface area contributed by atoms with Gasteiger partial charge in [0.05, 0.1) is 6.61 Å². The smallest absolute Gasteiger partial charge is 0.306 e. The van der Waals surface area contributed by atoms with Gasteiger partial charge in [0.15, 0.2) is 6.10 Å². The van der Waals surface area contributed by atoms with E-state index in [0.717, 1.165) is 89.9 Å². The zero-order valence-corrected chi connectivity index (χ0v) is 44.0. The normalized spacial score (nSPS) is 12.7. The summed E-state index contributed by atoms with van der Waals surface area (Å²) < 4.78 is 17.5. The Morgan fingerprint density at radius 2 is 0.682 bits per heavy atom. The van der Waals surface area contributed by atoms with Gasteiger partial charge in [0.2, 0.25) is 0 Å². The molecule has 382 valence electrons. The van der Waals surface area contributed by atoms with E-state index in [4.69, 9.17) is 14.2 Å². The average Bonchev–Trinajstić information content (AvgIpc) is 3.32. The predicted octanol–water partition coefficient (Wildman–Crippen LogP) is 19.5. The van der Waals surface area contributed by atoms with Crippen LogP contribution in [0.5, 0.6) is 0 Å². The fourth-order valence-corrected chi connectivity index (χ4v) is 7.96. The first kappa shape index (κ1) is 63.3. The molecule has 5 nitrogen and oxygen atoms in total. The third-order valence-electron chi connectivity index (χ3n) is 12.2. The standard InChI is InChI=1S/C61H108O5/c1-4-7-10-13-16-19-22-25-28-31-33-36-39-42-45-48-51-54-60(62)65-58-59(57-64-56-53-50-47-44-41-38-35-30-27-24-21-18-15-12-9-6-3)66-61(63)55-52-49-46-43-40-37-34-32-29-26-23-20-17-14-11-8-5-2/h7,10,16,19,25-30,33,36,59H,4-6,8-9,11-15,17-18,20-24,31-32,34-35,37-58H2,1-3H3/b10-7-,19-16-,28-25-,29-26-,30-27-,36-33-. The lowest BCUT2D eigenvalue weighted by molar-refractivity contribution is -0.163. The number of allylic oxidation sites excluding steroid dienone is 12. The molecule has 1 atom stereocenters.